The molecule has 3 aromatic rings. The van der Waals surface area contributed by atoms with Gasteiger partial charge in [-0.15, -0.1) is 5.10 Å². The maximum absolute atomic E-state index is 13.1. The molecule has 0 spiro atoms. The van der Waals surface area contributed by atoms with Crippen LogP contribution in [0.4, 0.5) is 11.8 Å². The van der Waals surface area contributed by atoms with Crippen molar-refractivity contribution in [2.24, 2.45) is 5.73 Å². The summed E-state index contributed by atoms with van der Waals surface area (Å²) < 4.78 is 1.86. The van der Waals surface area contributed by atoms with Crippen molar-refractivity contribution in [2.75, 3.05) is 50.0 Å². The smallest absolute Gasteiger partial charge is 0.320 e. The van der Waals surface area contributed by atoms with E-state index in [0.717, 1.165) is 55.6 Å². The van der Waals surface area contributed by atoms with E-state index in [0.29, 0.717) is 50.3 Å². The molecule has 17 nitrogen and oxygen atoms in total. The Morgan fingerprint density at radius 3 is 2.51 bits per heavy atom. The highest BCUT2D eigenvalue weighted by Crippen LogP contribution is 2.25. The second kappa shape index (κ2) is 20.7. The van der Waals surface area contributed by atoms with Crippen molar-refractivity contribution in [2.45, 2.75) is 108 Å². The third kappa shape index (κ3) is 12.6. The number of piperidine rings is 1. The molecule has 1 saturated heterocycles. The zero-order valence-corrected chi connectivity index (χ0v) is 30.5. The summed E-state index contributed by atoms with van der Waals surface area (Å²) in [5, 5.41) is 44.8. The maximum atomic E-state index is 13.1. The first-order valence-corrected chi connectivity index (χ1v) is 19.1. The van der Waals surface area contributed by atoms with Gasteiger partial charge >= 0.3 is 5.97 Å². The number of carbonyl (C=O) groups excluding carboxylic acids is 2. The molecule has 290 valence electrons. The van der Waals surface area contributed by atoms with Crippen LogP contribution in [-0.2, 0) is 27.5 Å². The minimum atomic E-state index is -1.20. The monoisotopic (exact) mass is 736 g/mol. The first-order chi connectivity index (χ1) is 25.8. The zero-order chi connectivity index (χ0) is 37.4. The number of aliphatic carboxylic acids is 1. The van der Waals surface area contributed by atoms with Gasteiger partial charge in [0.15, 0.2) is 0 Å². The zero-order valence-electron chi connectivity index (χ0n) is 30.5. The number of nitrogens with zero attached hydrogens (tertiary/aromatic N) is 6. The molecule has 17 heteroatoms. The number of hydrogen-bond acceptors (Lipinski definition) is 13. The van der Waals surface area contributed by atoms with Gasteiger partial charge in [0.2, 0.25) is 17.8 Å². The van der Waals surface area contributed by atoms with Crippen LogP contribution in [0.1, 0.15) is 76.3 Å². The minimum absolute atomic E-state index is 0.0255. The predicted octanol–water partition coefficient (Wildman–Crippen LogP) is 1.20. The Kier molecular flexibility index (Phi) is 15.5. The molecule has 0 bridgehead atoms. The van der Waals surface area contributed by atoms with E-state index < -0.39 is 30.6 Å². The number of nitrogens with two attached hydrogens (primary N) is 1. The van der Waals surface area contributed by atoms with Crippen molar-refractivity contribution in [1.29, 1.82) is 0 Å². The third-order valence-electron chi connectivity index (χ3n) is 9.89. The molecule has 1 saturated carbocycles. The number of aryl methyl sites for hydroxylation is 1. The van der Waals surface area contributed by atoms with Crippen LogP contribution in [0.5, 0.6) is 0 Å². The molecule has 2 aromatic heterocycles. The topological polar surface area (TPSA) is 238 Å². The van der Waals surface area contributed by atoms with Crippen LogP contribution in [-0.4, -0.2) is 121 Å². The Labute approximate surface area is 310 Å². The van der Waals surface area contributed by atoms with Crippen molar-refractivity contribution in [3.8, 4) is 0 Å². The average molecular weight is 737 g/mol. The van der Waals surface area contributed by atoms with Crippen LogP contribution in [0.3, 0.4) is 0 Å². The number of carbonyl (C=O) groups is 3. The number of aliphatic hydroxyl groups is 1. The first kappa shape index (κ1) is 39.8. The summed E-state index contributed by atoms with van der Waals surface area (Å²) in [5.41, 5.74) is 7.04. The van der Waals surface area contributed by atoms with Gasteiger partial charge in [0.05, 0.1) is 24.9 Å². The highest BCUT2D eigenvalue weighted by atomic mass is 16.4. The van der Waals surface area contributed by atoms with Gasteiger partial charge in [-0.1, -0.05) is 36.6 Å². The van der Waals surface area contributed by atoms with E-state index in [1.165, 1.54) is 32.1 Å². The normalized spacial score (nSPS) is 16.7. The van der Waals surface area contributed by atoms with Crippen LogP contribution in [0, 0.1) is 0 Å². The number of rotatable bonds is 21. The van der Waals surface area contributed by atoms with Crippen LogP contribution in [0.15, 0.2) is 30.5 Å². The van der Waals surface area contributed by atoms with E-state index in [9.17, 15) is 19.5 Å². The van der Waals surface area contributed by atoms with Crippen molar-refractivity contribution < 1.29 is 24.6 Å². The van der Waals surface area contributed by atoms with Crippen molar-refractivity contribution >= 4 is 40.5 Å². The van der Waals surface area contributed by atoms with Gasteiger partial charge < -0.3 is 47.4 Å². The molecule has 0 radical (unpaired) electrons. The van der Waals surface area contributed by atoms with Gasteiger partial charge in [0.25, 0.3) is 0 Å². The summed E-state index contributed by atoms with van der Waals surface area (Å²) in [4.78, 5) is 47.4. The number of aliphatic hydroxyl groups excluding tert-OH is 1. The number of amides is 2. The van der Waals surface area contributed by atoms with Crippen molar-refractivity contribution in [1.82, 2.24) is 45.8 Å². The summed E-state index contributed by atoms with van der Waals surface area (Å²) in [6.45, 7) is 4.49. The number of carboxylic acids is 1. The largest absolute Gasteiger partial charge is 0.480 e. The summed E-state index contributed by atoms with van der Waals surface area (Å²) in [7, 11) is 0. The summed E-state index contributed by atoms with van der Waals surface area (Å²) in [5.74, 6) is -0.987. The number of benzene rings is 1. The standard InChI is InChI=1S/C36H56N12O5/c37-29(35(52)53)12-13-32(50)42-31(24-49)34(51)47-20-14-26(15-21-47)41-33-28-10-4-5-11-30(28)43-36(44-33)40-22-27-23-48(46-45-27)19-7-17-38-16-6-18-39-25-8-2-1-3-9-25/h4-5,10-11,23,25-26,29,31,38-39,49H,1-3,6-9,12-22,24,37H2,(H,42,50)(H,52,53)(H2,40,41,43,44). The molecule has 1 aromatic carbocycles. The lowest BCUT2D eigenvalue weighted by molar-refractivity contribution is -0.140. The second-order valence-corrected chi connectivity index (χ2v) is 14.0. The van der Waals surface area contributed by atoms with E-state index in [2.05, 4.69) is 36.9 Å². The number of hydrogen-bond donors (Lipinski definition) is 8. The quantitative estimate of drug-likeness (QED) is 0.0718. The van der Waals surface area contributed by atoms with Crippen LogP contribution in [0.2, 0.25) is 0 Å². The lowest BCUT2D eigenvalue weighted by Crippen LogP contribution is -2.53. The van der Waals surface area contributed by atoms with Crippen molar-refractivity contribution in [3.63, 3.8) is 0 Å². The summed E-state index contributed by atoms with van der Waals surface area (Å²) >= 11 is 0. The second-order valence-electron chi connectivity index (χ2n) is 14.0. The molecule has 2 fully saturated rings. The number of nitrogens with one attached hydrogen (secondary N) is 5. The fourth-order valence-corrected chi connectivity index (χ4v) is 6.80. The Bertz CT molecular complexity index is 1610. The number of likely N-dealkylation sites (tertiary alicyclic amines) is 1. The Balaban J connectivity index is 1.04. The number of aromatic nitrogens is 5. The molecule has 2 amide bonds. The average Bonchev–Trinajstić information content (AvgIpc) is 3.64. The molecule has 5 rings (SSSR count). The molecule has 2 aliphatic rings. The van der Waals surface area contributed by atoms with Gasteiger partial charge in [-0.2, -0.15) is 4.98 Å². The molecule has 1 aliphatic carbocycles. The van der Waals surface area contributed by atoms with E-state index in [1.807, 2.05) is 35.1 Å². The molecular weight excluding hydrogens is 680 g/mol. The van der Waals surface area contributed by atoms with Gasteiger partial charge in [-0.3, -0.25) is 19.1 Å². The first-order valence-electron chi connectivity index (χ1n) is 19.1. The summed E-state index contributed by atoms with van der Waals surface area (Å²) in [6.07, 6.45) is 11.8. The SMILES string of the molecule is NC(CCC(=O)NC(CO)C(=O)N1CCC(Nc2nc(NCc3cn(CCCNCCCNC4CCCCC4)nn3)nc3ccccc23)CC1)C(=O)O. The molecule has 9 N–H and O–H groups in total. The number of anilines is 2. The van der Waals surface area contributed by atoms with Crippen LogP contribution in [0.25, 0.3) is 10.9 Å². The van der Waals surface area contributed by atoms with Gasteiger partial charge in [-0.25, -0.2) is 4.98 Å². The fourth-order valence-electron chi connectivity index (χ4n) is 6.80. The minimum Gasteiger partial charge on any atom is -0.480 e. The molecule has 53 heavy (non-hydrogen) atoms. The molecule has 2 unspecified atom stereocenters. The highest BCUT2D eigenvalue weighted by Gasteiger charge is 2.29. The maximum Gasteiger partial charge on any atom is 0.320 e. The highest BCUT2D eigenvalue weighted by molar-refractivity contribution is 5.90. The van der Waals surface area contributed by atoms with Gasteiger partial charge in [-0.05, 0) is 76.7 Å². The van der Waals surface area contributed by atoms with E-state index in [1.54, 1.807) is 4.90 Å². The Hall–Kier alpha value is -4.45. The summed E-state index contributed by atoms with van der Waals surface area (Å²) in [6, 6.07) is 6.22. The van der Waals surface area contributed by atoms with Gasteiger partial charge in [0.1, 0.15) is 23.6 Å². The van der Waals surface area contributed by atoms with E-state index in [-0.39, 0.29) is 24.8 Å². The number of para-hydroxylation sites is 1. The lowest BCUT2D eigenvalue weighted by Gasteiger charge is -2.34. The number of carboxylic acid groups (broad SMARTS) is 1. The Morgan fingerprint density at radius 2 is 1.74 bits per heavy atom. The van der Waals surface area contributed by atoms with Gasteiger partial charge in [0, 0.05) is 43.5 Å². The van der Waals surface area contributed by atoms with E-state index >= 15 is 0 Å². The molecule has 2 atom stereocenters. The molecular formula is C36H56N12O5. The Morgan fingerprint density at radius 1 is 0.962 bits per heavy atom. The van der Waals surface area contributed by atoms with Crippen molar-refractivity contribution in [3.05, 3.63) is 36.2 Å². The number of fused-ring (bicyclic) bond motifs is 1. The van der Waals surface area contributed by atoms with E-state index in [4.69, 9.17) is 20.8 Å². The third-order valence-corrected chi connectivity index (χ3v) is 9.89. The predicted molar refractivity (Wildman–Crippen MR) is 201 cm³/mol. The molecule has 1 aliphatic heterocycles. The molecule has 3 heterocycles. The lowest BCUT2D eigenvalue weighted by atomic mass is 9.95. The fraction of sp³-hybridized carbons (Fsp3) is 0.639. The van der Waals surface area contributed by atoms with Crippen LogP contribution >= 0.6 is 0 Å². The van der Waals surface area contributed by atoms with Crippen LogP contribution < -0.4 is 32.3 Å².